The Balaban J connectivity index is 2.16. The van der Waals surface area contributed by atoms with Gasteiger partial charge >= 0.3 is 5.97 Å². The highest BCUT2D eigenvalue weighted by atomic mass is 32.1. The highest BCUT2D eigenvalue weighted by molar-refractivity contribution is 7.09. The maximum absolute atomic E-state index is 14.1. The van der Waals surface area contributed by atoms with Crippen LogP contribution in [0.2, 0.25) is 0 Å². The van der Waals surface area contributed by atoms with Gasteiger partial charge in [-0.05, 0) is 42.2 Å². The van der Waals surface area contributed by atoms with E-state index < -0.39 is 17.7 Å². The van der Waals surface area contributed by atoms with E-state index in [2.05, 4.69) is 32.3 Å². The molecule has 2 heterocycles. The van der Waals surface area contributed by atoms with Crippen molar-refractivity contribution in [1.29, 1.82) is 0 Å². The Bertz CT molecular complexity index is 1080. The first-order chi connectivity index (χ1) is 17.0. The van der Waals surface area contributed by atoms with Crippen molar-refractivity contribution < 1.29 is 24.2 Å². The second-order valence-corrected chi connectivity index (χ2v) is 11.7. The van der Waals surface area contributed by atoms with Gasteiger partial charge in [0.1, 0.15) is 16.3 Å². The second-order valence-electron chi connectivity index (χ2n) is 10.8. The van der Waals surface area contributed by atoms with E-state index in [4.69, 9.17) is 9.47 Å². The molecule has 3 atom stereocenters. The van der Waals surface area contributed by atoms with Crippen molar-refractivity contribution in [1.82, 2.24) is 9.88 Å². The fourth-order valence-corrected chi connectivity index (χ4v) is 5.98. The van der Waals surface area contributed by atoms with Crippen molar-refractivity contribution in [3.05, 3.63) is 58.6 Å². The van der Waals surface area contributed by atoms with Crippen molar-refractivity contribution >= 4 is 23.1 Å². The number of ketones is 1. The molecule has 8 heteroatoms. The second kappa shape index (κ2) is 11.2. The van der Waals surface area contributed by atoms with Crippen molar-refractivity contribution in [2.75, 3.05) is 13.7 Å². The molecular formula is C28H38N2O5S. The number of carboxylic acid groups (broad SMARTS) is 1. The Morgan fingerprint density at radius 2 is 2.08 bits per heavy atom. The highest BCUT2D eigenvalue weighted by Gasteiger charge is 2.57. The molecule has 1 aliphatic rings. The number of benzene rings is 1. The number of carboxylic acids is 1. The minimum absolute atomic E-state index is 0.0972. The third-order valence-corrected chi connectivity index (χ3v) is 7.56. The Morgan fingerprint density at radius 3 is 2.61 bits per heavy atom. The predicted molar refractivity (Wildman–Crippen MR) is 142 cm³/mol. The number of carbonyl (C=O) groups is 2. The Kier molecular flexibility index (Phi) is 8.75. The number of nitrogens with zero attached hydrogens (tertiary/aromatic N) is 2. The van der Waals surface area contributed by atoms with Gasteiger partial charge in [0.05, 0.1) is 19.8 Å². The first-order valence-corrected chi connectivity index (χ1v) is 13.2. The van der Waals surface area contributed by atoms with E-state index in [-0.39, 0.29) is 29.8 Å². The zero-order valence-corrected chi connectivity index (χ0v) is 22.9. The van der Waals surface area contributed by atoms with Crippen LogP contribution in [0, 0.1) is 5.92 Å². The lowest BCUT2D eigenvalue weighted by atomic mass is 9.84. The topological polar surface area (TPSA) is 89.0 Å². The van der Waals surface area contributed by atoms with E-state index >= 15 is 0 Å². The first-order valence-electron chi connectivity index (χ1n) is 12.3. The van der Waals surface area contributed by atoms with Crippen LogP contribution in [-0.4, -0.2) is 52.2 Å². The normalized spacial score (nSPS) is 21.5. The van der Waals surface area contributed by atoms with Crippen LogP contribution in [0.15, 0.2) is 42.4 Å². The Morgan fingerprint density at radius 1 is 1.36 bits per heavy atom. The van der Waals surface area contributed by atoms with Crippen LogP contribution in [0.25, 0.3) is 0 Å². The molecule has 2 aromatic rings. The number of hydrogen-bond donors (Lipinski definition) is 1. The van der Waals surface area contributed by atoms with Crippen LogP contribution < -0.4 is 4.74 Å². The van der Waals surface area contributed by atoms with Crippen molar-refractivity contribution in [2.45, 2.75) is 77.1 Å². The molecule has 0 radical (unpaired) electrons. The fourth-order valence-electron chi connectivity index (χ4n) is 5.21. The number of aliphatic carboxylic acids is 1. The lowest BCUT2D eigenvalue weighted by Crippen LogP contribution is -2.59. The van der Waals surface area contributed by atoms with Gasteiger partial charge in [-0.25, -0.2) is 9.88 Å². The molecule has 1 N–H and O–H groups in total. The third kappa shape index (κ3) is 5.56. The summed E-state index contributed by atoms with van der Waals surface area (Å²) in [6.07, 6.45) is 3.51. The molecule has 0 aliphatic carbocycles. The Labute approximate surface area is 218 Å². The summed E-state index contributed by atoms with van der Waals surface area (Å²) in [6, 6.07) is 5.05. The summed E-state index contributed by atoms with van der Waals surface area (Å²) in [6.45, 7) is 14.1. The van der Waals surface area contributed by atoms with Gasteiger partial charge in [-0.1, -0.05) is 52.8 Å². The minimum atomic E-state index is -1.26. The van der Waals surface area contributed by atoms with Gasteiger partial charge in [0.25, 0.3) is 0 Å². The van der Waals surface area contributed by atoms with Gasteiger partial charge in [0.2, 0.25) is 5.78 Å². The van der Waals surface area contributed by atoms with Gasteiger partial charge < -0.3 is 14.6 Å². The molecule has 1 saturated heterocycles. The number of rotatable bonds is 11. The monoisotopic (exact) mass is 514 g/mol. The molecule has 1 aromatic heterocycles. The average Bonchev–Trinajstić information content (AvgIpc) is 3.47. The highest BCUT2D eigenvalue weighted by Crippen LogP contribution is 2.48. The smallest absolute Gasteiger partial charge is 0.324 e. The van der Waals surface area contributed by atoms with Crippen molar-refractivity contribution in [3.8, 4) is 5.75 Å². The van der Waals surface area contributed by atoms with E-state index in [1.165, 1.54) is 11.3 Å². The molecule has 0 saturated carbocycles. The standard InChI is InChI=1S/C28H38N2O5S/c1-8-14-35-25(23(31)19-9-10-20(27(4,5)6)22(16-19)34-7)30-21(24-29-13-15-36-24)11-12-28(30,26(32)33)17-18(2)3/h8-10,13,15-16,18,21,25H,1,11-12,14,17H2,2-7H3,(H,32,33)/t21-,25?,28+/m1/s1. The van der Waals surface area contributed by atoms with Crippen molar-refractivity contribution in [3.63, 3.8) is 0 Å². The zero-order valence-electron chi connectivity index (χ0n) is 22.1. The fraction of sp³-hybridized carbons (Fsp3) is 0.536. The molecule has 1 fully saturated rings. The number of likely N-dealkylation sites (tertiary alicyclic amines) is 1. The van der Waals surface area contributed by atoms with Gasteiger partial charge in [-0.2, -0.15) is 0 Å². The summed E-state index contributed by atoms with van der Waals surface area (Å²) < 4.78 is 11.7. The van der Waals surface area contributed by atoms with Gasteiger partial charge in [-0.3, -0.25) is 9.59 Å². The predicted octanol–water partition coefficient (Wildman–Crippen LogP) is 5.87. The summed E-state index contributed by atoms with van der Waals surface area (Å²) in [5.74, 6) is -0.551. The van der Waals surface area contributed by atoms with E-state index in [1.54, 1.807) is 36.4 Å². The summed E-state index contributed by atoms with van der Waals surface area (Å²) in [4.78, 5) is 33.3. The van der Waals surface area contributed by atoms with E-state index in [1.807, 2.05) is 25.3 Å². The largest absolute Gasteiger partial charge is 0.496 e. The summed E-state index contributed by atoms with van der Waals surface area (Å²) >= 11 is 1.46. The van der Waals surface area contributed by atoms with Crippen LogP contribution in [0.1, 0.15) is 80.9 Å². The molecule has 36 heavy (non-hydrogen) atoms. The summed E-state index contributed by atoms with van der Waals surface area (Å²) in [5.41, 5.74) is -0.0533. The van der Waals surface area contributed by atoms with Gasteiger partial charge in [0, 0.05) is 17.1 Å². The number of methoxy groups -OCH3 is 1. The minimum Gasteiger partial charge on any atom is -0.496 e. The van der Waals surface area contributed by atoms with E-state index in [9.17, 15) is 14.7 Å². The zero-order chi connectivity index (χ0) is 26.7. The third-order valence-electron chi connectivity index (χ3n) is 6.68. The molecule has 0 amide bonds. The Hall–Kier alpha value is -2.55. The quantitative estimate of drug-likeness (QED) is 0.296. The SMILES string of the molecule is C=CCOC(C(=O)c1ccc(C(C)(C)C)c(OC)c1)N1[C@@H](c2nccs2)CC[C@]1(CC(C)C)C(=O)O. The molecule has 1 unspecified atom stereocenters. The van der Waals surface area contributed by atoms with Crippen LogP contribution in [0.5, 0.6) is 5.75 Å². The summed E-state index contributed by atoms with van der Waals surface area (Å²) in [7, 11) is 1.58. The molecule has 0 spiro atoms. The molecule has 3 rings (SSSR count). The average molecular weight is 515 g/mol. The number of ether oxygens (including phenoxy) is 2. The van der Waals surface area contributed by atoms with Gasteiger partial charge in [0.15, 0.2) is 6.23 Å². The van der Waals surface area contributed by atoms with Crippen LogP contribution in [0.4, 0.5) is 0 Å². The van der Waals surface area contributed by atoms with E-state index in [0.717, 1.165) is 10.6 Å². The summed E-state index contributed by atoms with van der Waals surface area (Å²) in [5, 5.41) is 13.2. The number of hydrogen-bond acceptors (Lipinski definition) is 7. The first kappa shape index (κ1) is 28.0. The number of aromatic nitrogens is 1. The van der Waals surface area contributed by atoms with E-state index in [0.29, 0.717) is 30.6 Å². The molecular weight excluding hydrogens is 476 g/mol. The lowest BCUT2D eigenvalue weighted by molar-refractivity contribution is -0.161. The van der Waals surface area contributed by atoms with Crippen LogP contribution in [0.3, 0.4) is 0 Å². The number of carbonyl (C=O) groups excluding carboxylic acids is 1. The number of thiazole rings is 1. The molecule has 1 aliphatic heterocycles. The number of Topliss-reactive ketones (excluding diaryl/α,β-unsaturated/α-hetero) is 1. The molecule has 1 aromatic carbocycles. The maximum atomic E-state index is 14.1. The van der Waals surface area contributed by atoms with Crippen LogP contribution >= 0.6 is 11.3 Å². The molecule has 7 nitrogen and oxygen atoms in total. The van der Waals surface area contributed by atoms with Gasteiger partial charge in [-0.15, -0.1) is 17.9 Å². The molecule has 196 valence electrons. The molecule has 0 bridgehead atoms. The van der Waals surface area contributed by atoms with Crippen LogP contribution in [-0.2, 0) is 14.9 Å². The maximum Gasteiger partial charge on any atom is 0.324 e. The lowest BCUT2D eigenvalue weighted by Gasteiger charge is -2.42. The van der Waals surface area contributed by atoms with Crippen molar-refractivity contribution in [2.24, 2.45) is 5.92 Å².